The van der Waals surface area contributed by atoms with Crippen LogP contribution < -0.4 is 0 Å². The van der Waals surface area contributed by atoms with E-state index in [1.54, 1.807) is 13.8 Å². The van der Waals surface area contributed by atoms with Crippen molar-refractivity contribution in [3.8, 4) is 0 Å². The van der Waals surface area contributed by atoms with Crippen LogP contribution in [0.4, 0.5) is 0 Å². The summed E-state index contributed by atoms with van der Waals surface area (Å²) in [7, 11) is -4.49. The zero-order valence-electron chi connectivity index (χ0n) is 11.3. The summed E-state index contributed by atoms with van der Waals surface area (Å²) < 4.78 is 31.5. The van der Waals surface area contributed by atoms with Gasteiger partial charge in [-0.05, 0) is 41.5 Å². The Balaban J connectivity index is 4.53. The fourth-order valence-corrected chi connectivity index (χ4v) is 2.52. The molecule has 0 aromatic rings. The topological polar surface area (TPSA) is 73.9 Å². The van der Waals surface area contributed by atoms with Crippen LogP contribution in [0, 0.1) is 0 Å². The molecule has 0 N–H and O–H groups in total. The Morgan fingerprint density at radius 2 is 1.18 bits per heavy atom. The summed E-state index contributed by atoms with van der Waals surface area (Å²) in [6.45, 7) is 10.1. The molecule has 103 valence electrons. The van der Waals surface area contributed by atoms with Crippen molar-refractivity contribution >= 4 is 7.82 Å². The molecule has 0 aliphatic carbocycles. The maximum Gasteiger partial charge on any atom is 0.507 e. The third kappa shape index (κ3) is 7.86. The largest absolute Gasteiger partial charge is 0.507 e. The SMILES string of the molecule is CCOC(C)(C)OP([O])(=O)OC(C)(C)OCC. The summed E-state index contributed by atoms with van der Waals surface area (Å²) >= 11 is 0. The summed E-state index contributed by atoms with van der Waals surface area (Å²) in [6, 6.07) is 0. The molecule has 0 atom stereocenters. The van der Waals surface area contributed by atoms with Gasteiger partial charge in [0.1, 0.15) is 0 Å². The van der Waals surface area contributed by atoms with Crippen molar-refractivity contribution in [2.24, 2.45) is 0 Å². The maximum atomic E-state index is 11.6. The predicted molar refractivity (Wildman–Crippen MR) is 61.9 cm³/mol. The van der Waals surface area contributed by atoms with Gasteiger partial charge in [0.15, 0.2) is 11.6 Å². The van der Waals surface area contributed by atoms with E-state index in [-0.39, 0.29) is 0 Å². The van der Waals surface area contributed by atoms with Gasteiger partial charge in [-0.15, -0.1) is 4.89 Å². The van der Waals surface area contributed by atoms with E-state index in [0.29, 0.717) is 13.2 Å². The second kappa shape index (κ2) is 6.27. The van der Waals surface area contributed by atoms with Gasteiger partial charge in [0, 0.05) is 13.2 Å². The fourth-order valence-electron chi connectivity index (χ4n) is 1.31. The van der Waals surface area contributed by atoms with Crippen molar-refractivity contribution in [3.63, 3.8) is 0 Å². The predicted octanol–water partition coefficient (Wildman–Crippen LogP) is 3.10. The highest BCUT2D eigenvalue weighted by Crippen LogP contribution is 2.51. The first-order chi connectivity index (χ1) is 7.54. The van der Waals surface area contributed by atoms with Gasteiger partial charge in [0.25, 0.3) is 0 Å². The molecule has 0 amide bonds. The Morgan fingerprint density at radius 1 is 0.882 bits per heavy atom. The van der Waals surface area contributed by atoms with Gasteiger partial charge in [0.05, 0.1) is 0 Å². The molecule has 0 bridgehead atoms. The number of hydrogen-bond acceptors (Lipinski definition) is 5. The second-order valence-electron chi connectivity index (χ2n) is 4.30. The third-order valence-corrected chi connectivity index (χ3v) is 2.97. The molecule has 17 heavy (non-hydrogen) atoms. The Hall–Kier alpha value is 0.0300. The van der Waals surface area contributed by atoms with Crippen LogP contribution in [0.3, 0.4) is 0 Å². The van der Waals surface area contributed by atoms with E-state index < -0.39 is 19.4 Å². The molecule has 0 spiro atoms. The molecule has 0 saturated carbocycles. The summed E-state index contributed by atoms with van der Waals surface area (Å²) in [4.78, 5) is 11.6. The highest BCUT2D eigenvalue weighted by Gasteiger charge is 2.39. The quantitative estimate of drug-likeness (QED) is 0.500. The van der Waals surface area contributed by atoms with Crippen molar-refractivity contribution in [2.45, 2.75) is 53.1 Å². The first-order valence-electron chi connectivity index (χ1n) is 5.54. The van der Waals surface area contributed by atoms with E-state index >= 15 is 0 Å². The minimum Gasteiger partial charge on any atom is -0.350 e. The number of ether oxygens (including phenoxy) is 2. The molecule has 0 unspecified atom stereocenters. The van der Waals surface area contributed by atoms with Crippen LogP contribution in [0.15, 0.2) is 0 Å². The summed E-state index contributed by atoms with van der Waals surface area (Å²) in [5.41, 5.74) is 0. The zero-order valence-corrected chi connectivity index (χ0v) is 12.2. The van der Waals surface area contributed by atoms with Gasteiger partial charge < -0.3 is 9.47 Å². The second-order valence-corrected chi connectivity index (χ2v) is 5.56. The summed E-state index contributed by atoms with van der Waals surface area (Å²) in [5.74, 6) is -2.51. The Kier molecular flexibility index (Phi) is 6.28. The number of hydrogen-bond donors (Lipinski definition) is 0. The summed E-state index contributed by atoms with van der Waals surface area (Å²) in [6.07, 6.45) is 0. The van der Waals surface area contributed by atoms with E-state index in [0.717, 1.165) is 0 Å². The van der Waals surface area contributed by atoms with Gasteiger partial charge in [-0.25, -0.2) is 4.57 Å². The van der Waals surface area contributed by atoms with E-state index in [1.807, 2.05) is 0 Å². The smallest absolute Gasteiger partial charge is 0.350 e. The van der Waals surface area contributed by atoms with Gasteiger partial charge in [-0.1, -0.05) is 0 Å². The van der Waals surface area contributed by atoms with Crippen LogP contribution in [-0.4, -0.2) is 24.8 Å². The lowest BCUT2D eigenvalue weighted by Crippen LogP contribution is -2.31. The van der Waals surface area contributed by atoms with Gasteiger partial charge in [-0.2, -0.15) is 0 Å². The molecular formula is C10H22O6P. The van der Waals surface area contributed by atoms with E-state index in [9.17, 15) is 9.46 Å². The van der Waals surface area contributed by atoms with Crippen molar-refractivity contribution in [1.82, 2.24) is 0 Å². The van der Waals surface area contributed by atoms with Gasteiger partial charge in [-0.3, -0.25) is 9.05 Å². The molecule has 0 heterocycles. The van der Waals surface area contributed by atoms with Crippen LogP contribution >= 0.6 is 7.82 Å². The highest BCUT2D eigenvalue weighted by molar-refractivity contribution is 7.47. The van der Waals surface area contributed by atoms with Gasteiger partial charge in [0.2, 0.25) is 0 Å². The molecule has 0 rings (SSSR count). The first-order valence-corrected chi connectivity index (χ1v) is 7.00. The number of rotatable bonds is 8. The van der Waals surface area contributed by atoms with Crippen LogP contribution in [0.2, 0.25) is 0 Å². The Labute approximate surface area is 103 Å². The third-order valence-electron chi connectivity index (χ3n) is 1.65. The monoisotopic (exact) mass is 269 g/mol. The van der Waals surface area contributed by atoms with Crippen molar-refractivity contribution < 1.29 is 28.0 Å². The maximum absolute atomic E-state index is 11.6. The molecule has 6 nitrogen and oxygen atoms in total. The van der Waals surface area contributed by atoms with E-state index in [4.69, 9.17) is 18.5 Å². The molecule has 1 radical (unpaired) electrons. The fraction of sp³-hybridized carbons (Fsp3) is 1.00. The van der Waals surface area contributed by atoms with Crippen LogP contribution in [-0.2, 0) is 28.0 Å². The zero-order chi connectivity index (χ0) is 13.7. The Morgan fingerprint density at radius 3 is 1.41 bits per heavy atom. The lowest BCUT2D eigenvalue weighted by molar-refractivity contribution is -0.201. The van der Waals surface area contributed by atoms with Crippen molar-refractivity contribution in [1.29, 1.82) is 0 Å². The molecule has 0 aliphatic rings. The van der Waals surface area contributed by atoms with Crippen LogP contribution in [0.25, 0.3) is 0 Å². The normalized spacial score (nSPS) is 14.1. The molecule has 7 heteroatoms. The first kappa shape index (κ1) is 17.0. The average Bonchev–Trinajstić information content (AvgIpc) is 1.96. The lowest BCUT2D eigenvalue weighted by atomic mass is 10.4. The lowest BCUT2D eigenvalue weighted by Gasteiger charge is -2.30. The molecule has 0 saturated heterocycles. The molecular weight excluding hydrogens is 247 g/mol. The minimum atomic E-state index is -4.49. The van der Waals surface area contributed by atoms with Crippen molar-refractivity contribution in [3.05, 3.63) is 0 Å². The van der Waals surface area contributed by atoms with Crippen LogP contribution in [0.1, 0.15) is 41.5 Å². The highest BCUT2D eigenvalue weighted by atomic mass is 31.2. The standard InChI is InChI=1S/C10H22O6P/c1-7-13-9(3,4)15-17(11,12)16-10(5,6)14-8-2/h7-8H2,1-6H3. The molecule has 0 aromatic heterocycles. The van der Waals surface area contributed by atoms with Crippen molar-refractivity contribution in [2.75, 3.05) is 13.2 Å². The molecule has 0 fully saturated rings. The van der Waals surface area contributed by atoms with E-state index in [1.165, 1.54) is 27.7 Å². The summed E-state index contributed by atoms with van der Waals surface area (Å²) in [5, 5.41) is 0. The molecule has 0 aromatic carbocycles. The van der Waals surface area contributed by atoms with Crippen LogP contribution in [0.5, 0.6) is 0 Å². The van der Waals surface area contributed by atoms with Gasteiger partial charge >= 0.3 is 7.82 Å². The Bertz CT molecular complexity index is 252. The molecule has 0 aliphatic heterocycles. The van der Waals surface area contributed by atoms with E-state index in [2.05, 4.69) is 0 Å². The minimum absolute atomic E-state index is 0.335. The average molecular weight is 269 g/mol.